The molecule has 0 aliphatic heterocycles. The van der Waals surface area contributed by atoms with Crippen LogP contribution in [0.15, 0.2) is 36.4 Å². The Bertz CT molecular complexity index is 491. The predicted molar refractivity (Wildman–Crippen MR) is 77.8 cm³/mol. The van der Waals surface area contributed by atoms with Crippen LogP contribution in [0.25, 0.3) is 10.9 Å². The van der Waals surface area contributed by atoms with E-state index in [0.29, 0.717) is 6.04 Å². The molecular formula is C16H22N2. The van der Waals surface area contributed by atoms with Gasteiger partial charge in [0.25, 0.3) is 0 Å². The molecule has 0 amide bonds. The Labute approximate surface area is 109 Å². The van der Waals surface area contributed by atoms with Gasteiger partial charge in [0.05, 0.1) is 5.52 Å². The highest BCUT2D eigenvalue weighted by Crippen LogP contribution is 2.12. The second-order valence-electron chi connectivity index (χ2n) is 5.06. The van der Waals surface area contributed by atoms with Gasteiger partial charge in [0.2, 0.25) is 0 Å². The number of unbranched alkanes of at least 4 members (excludes halogenated alkanes) is 1. The molecule has 0 radical (unpaired) electrons. The normalized spacial score (nSPS) is 11.3. The Morgan fingerprint density at radius 3 is 2.72 bits per heavy atom. The van der Waals surface area contributed by atoms with E-state index in [1.54, 1.807) is 0 Å². The molecule has 1 N–H and O–H groups in total. The van der Waals surface area contributed by atoms with Crippen molar-refractivity contribution in [1.29, 1.82) is 0 Å². The number of pyridine rings is 1. The highest BCUT2D eigenvalue weighted by atomic mass is 14.9. The second-order valence-corrected chi connectivity index (χ2v) is 5.06. The van der Waals surface area contributed by atoms with Crippen LogP contribution in [0, 0.1) is 0 Å². The number of aryl methyl sites for hydroxylation is 1. The minimum absolute atomic E-state index is 0.587. The highest BCUT2D eigenvalue weighted by molar-refractivity contribution is 5.78. The molecule has 0 saturated heterocycles. The molecule has 0 saturated carbocycles. The van der Waals surface area contributed by atoms with Crippen molar-refractivity contribution in [2.24, 2.45) is 0 Å². The summed E-state index contributed by atoms with van der Waals surface area (Å²) in [5.74, 6) is 0. The Morgan fingerprint density at radius 1 is 1.06 bits per heavy atom. The van der Waals surface area contributed by atoms with Crippen LogP contribution in [0.1, 0.15) is 32.4 Å². The van der Waals surface area contributed by atoms with Crippen molar-refractivity contribution < 1.29 is 0 Å². The number of rotatable bonds is 6. The number of nitrogens with one attached hydrogen (secondary N) is 1. The van der Waals surface area contributed by atoms with Crippen molar-refractivity contribution in [3.63, 3.8) is 0 Å². The molecule has 2 aromatic rings. The van der Waals surface area contributed by atoms with E-state index in [1.807, 2.05) is 6.07 Å². The Kier molecular flexibility index (Phi) is 4.71. The van der Waals surface area contributed by atoms with Gasteiger partial charge < -0.3 is 5.32 Å². The molecule has 2 nitrogen and oxygen atoms in total. The van der Waals surface area contributed by atoms with Gasteiger partial charge in [-0.1, -0.05) is 38.1 Å². The van der Waals surface area contributed by atoms with Crippen LogP contribution in [-0.4, -0.2) is 17.6 Å². The zero-order chi connectivity index (χ0) is 12.8. The second kappa shape index (κ2) is 6.50. The molecule has 0 fully saturated rings. The fraction of sp³-hybridized carbons (Fsp3) is 0.438. The zero-order valence-corrected chi connectivity index (χ0v) is 11.3. The summed E-state index contributed by atoms with van der Waals surface area (Å²) in [4.78, 5) is 4.69. The predicted octanol–water partition coefficient (Wildman–Crippen LogP) is 3.56. The molecule has 18 heavy (non-hydrogen) atoms. The Balaban J connectivity index is 1.84. The third-order valence-electron chi connectivity index (χ3n) is 3.07. The maximum absolute atomic E-state index is 4.69. The molecule has 0 unspecified atom stereocenters. The molecule has 0 aliphatic carbocycles. The van der Waals surface area contributed by atoms with E-state index < -0.39 is 0 Å². The number of para-hydroxylation sites is 1. The van der Waals surface area contributed by atoms with Crippen molar-refractivity contribution in [1.82, 2.24) is 10.3 Å². The highest BCUT2D eigenvalue weighted by Gasteiger charge is 1.98. The molecule has 0 spiro atoms. The van der Waals surface area contributed by atoms with Gasteiger partial charge in [0, 0.05) is 17.1 Å². The summed E-state index contributed by atoms with van der Waals surface area (Å²) >= 11 is 0. The lowest BCUT2D eigenvalue weighted by molar-refractivity contribution is 0.556. The van der Waals surface area contributed by atoms with Gasteiger partial charge in [0.15, 0.2) is 0 Å². The van der Waals surface area contributed by atoms with E-state index in [-0.39, 0.29) is 0 Å². The summed E-state index contributed by atoms with van der Waals surface area (Å²) in [5, 5.41) is 4.67. The standard InChI is InChI=1S/C16H22N2/c1-13(2)17-12-6-5-8-15-11-10-14-7-3-4-9-16(14)18-15/h3-4,7,9-11,13,17H,5-6,8,12H2,1-2H3. The van der Waals surface area contributed by atoms with Gasteiger partial charge in [-0.25, -0.2) is 0 Å². The van der Waals surface area contributed by atoms with E-state index in [2.05, 4.69) is 54.5 Å². The van der Waals surface area contributed by atoms with Gasteiger partial charge in [-0.05, 0) is 37.9 Å². The first kappa shape index (κ1) is 13.0. The molecule has 2 heteroatoms. The smallest absolute Gasteiger partial charge is 0.0705 e. The number of hydrogen-bond donors (Lipinski definition) is 1. The van der Waals surface area contributed by atoms with Crippen LogP contribution in [-0.2, 0) is 6.42 Å². The minimum Gasteiger partial charge on any atom is -0.315 e. The summed E-state index contributed by atoms with van der Waals surface area (Å²) in [6.07, 6.45) is 3.49. The Morgan fingerprint density at radius 2 is 1.89 bits per heavy atom. The van der Waals surface area contributed by atoms with E-state index in [9.17, 15) is 0 Å². The number of benzene rings is 1. The Hall–Kier alpha value is -1.41. The largest absolute Gasteiger partial charge is 0.315 e. The summed E-state index contributed by atoms with van der Waals surface area (Å²) < 4.78 is 0. The SMILES string of the molecule is CC(C)NCCCCc1ccc2ccccc2n1. The fourth-order valence-electron chi connectivity index (χ4n) is 2.07. The number of hydrogen-bond acceptors (Lipinski definition) is 2. The minimum atomic E-state index is 0.587. The van der Waals surface area contributed by atoms with E-state index in [1.165, 1.54) is 23.9 Å². The monoisotopic (exact) mass is 242 g/mol. The third kappa shape index (κ3) is 3.81. The van der Waals surface area contributed by atoms with Crippen LogP contribution < -0.4 is 5.32 Å². The van der Waals surface area contributed by atoms with Crippen LogP contribution in [0.4, 0.5) is 0 Å². The first-order chi connectivity index (χ1) is 8.75. The van der Waals surface area contributed by atoms with Gasteiger partial charge in [-0.2, -0.15) is 0 Å². The topological polar surface area (TPSA) is 24.9 Å². The van der Waals surface area contributed by atoms with Crippen LogP contribution in [0.3, 0.4) is 0 Å². The van der Waals surface area contributed by atoms with Crippen molar-refractivity contribution in [2.45, 2.75) is 39.2 Å². The number of nitrogens with zero attached hydrogens (tertiary/aromatic N) is 1. The van der Waals surface area contributed by atoms with Crippen LogP contribution in [0.2, 0.25) is 0 Å². The maximum atomic E-state index is 4.69. The molecule has 0 aliphatic rings. The number of fused-ring (bicyclic) bond motifs is 1. The molecule has 0 atom stereocenters. The van der Waals surface area contributed by atoms with Crippen molar-refractivity contribution in [3.05, 3.63) is 42.1 Å². The van der Waals surface area contributed by atoms with E-state index >= 15 is 0 Å². The van der Waals surface area contributed by atoms with E-state index in [4.69, 9.17) is 0 Å². The molecule has 2 rings (SSSR count). The molecule has 0 bridgehead atoms. The van der Waals surface area contributed by atoms with Gasteiger partial charge in [-0.15, -0.1) is 0 Å². The van der Waals surface area contributed by atoms with Crippen molar-refractivity contribution >= 4 is 10.9 Å². The van der Waals surface area contributed by atoms with Crippen molar-refractivity contribution in [2.75, 3.05) is 6.54 Å². The average Bonchev–Trinajstić information content (AvgIpc) is 2.38. The summed E-state index contributed by atoms with van der Waals surface area (Å²) in [6.45, 7) is 5.47. The zero-order valence-electron chi connectivity index (χ0n) is 11.3. The lowest BCUT2D eigenvalue weighted by atomic mass is 10.1. The van der Waals surface area contributed by atoms with E-state index in [0.717, 1.165) is 18.5 Å². The quantitative estimate of drug-likeness (QED) is 0.783. The third-order valence-corrected chi connectivity index (χ3v) is 3.07. The number of aromatic nitrogens is 1. The first-order valence-electron chi connectivity index (χ1n) is 6.84. The molecule has 1 aromatic heterocycles. The molecule has 1 heterocycles. The summed E-state index contributed by atoms with van der Waals surface area (Å²) in [7, 11) is 0. The fourth-order valence-corrected chi connectivity index (χ4v) is 2.07. The summed E-state index contributed by atoms with van der Waals surface area (Å²) in [5.41, 5.74) is 2.31. The van der Waals surface area contributed by atoms with Crippen LogP contribution in [0.5, 0.6) is 0 Å². The lowest BCUT2D eigenvalue weighted by Gasteiger charge is -2.07. The molecule has 96 valence electrons. The maximum Gasteiger partial charge on any atom is 0.0705 e. The first-order valence-corrected chi connectivity index (χ1v) is 6.84. The van der Waals surface area contributed by atoms with Gasteiger partial charge in [0.1, 0.15) is 0 Å². The summed E-state index contributed by atoms with van der Waals surface area (Å²) in [6, 6.07) is 13.2. The average molecular weight is 242 g/mol. The van der Waals surface area contributed by atoms with Gasteiger partial charge in [-0.3, -0.25) is 4.98 Å². The van der Waals surface area contributed by atoms with Crippen molar-refractivity contribution in [3.8, 4) is 0 Å². The lowest BCUT2D eigenvalue weighted by Crippen LogP contribution is -2.23. The van der Waals surface area contributed by atoms with Gasteiger partial charge >= 0.3 is 0 Å². The molecular weight excluding hydrogens is 220 g/mol. The molecule has 1 aromatic carbocycles. The van der Waals surface area contributed by atoms with Crippen LogP contribution >= 0.6 is 0 Å².